The molecule has 5 nitrogen and oxygen atoms in total. The van der Waals surface area contributed by atoms with Gasteiger partial charge in [-0.25, -0.2) is 5.43 Å². The predicted octanol–water partition coefficient (Wildman–Crippen LogP) is 2.54. The van der Waals surface area contributed by atoms with Gasteiger partial charge in [-0.15, -0.1) is 0 Å². The van der Waals surface area contributed by atoms with Gasteiger partial charge in [0.15, 0.2) is 0 Å². The van der Waals surface area contributed by atoms with Crippen molar-refractivity contribution in [2.45, 2.75) is 6.92 Å². The minimum atomic E-state index is -0.389. The summed E-state index contributed by atoms with van der Waals surface area (Å²) in [5.41, 5.74) is 4.91. The van der Waals surface area contributed by atoms with E-state index in [0.29, 0.717) is 5.56 Å². The Bertz CT molecular complexity index is 752. The highest BCUT2D eigenvalue weighted by molar-refractivity contribution is 5.96. The lowest BCUT2D eigenvalue weighted by Crippen LogP contribution is -2.34. The van der Waals surface area contributed by atoms with Crippen LogP contribution in [0.15, 0.2) is 65.8 Å². The summed E-state index contributed by atoms with van der Waals surface area (Å²) in [6.07, 6.45) is 5.07. The molecular formula is C19H19N3O2. The van der Waals surface area contributed by atoms with Crippen molar-refractivity contribution in [3.05, 3.63) is 77.4 Å². The van der Waals surface area contributed by atoms with Crippen molar-refractivity contribution in [1.82, 2.24) is 10.7 Å². The van der Waals surface area contributed by atoms with Gasteiger partial charge in [0.1, 0.15) is 0 Å². The molecule has 2 aromatic rings. The number of nitrogens with zero attached hydrogens (tertiary/aromatic N) is 1. The molecule has 0 radical (unpaired) electrons. The zero-order valence-corrected chi connectivity index (χ0v) is 13.4. The van der Waals surface area contributed by atoms with Crippen LogP contribution < -0.4 is 10.7 Å². The maximum Gasteiger partial charge on any atom is 0.259 e. The zero-order chi connectivity index (χ0) is 17.2. The Morgan fingerprint density at radius 2 is 1.88 bits per heavy atom. The summed E-state index contributed by atoms with van der Waals surface area (Å²) in [6.45, 7) is 1.77. The second-order valence-electron chi connectivity index (χ2n) is 5.14. The Labute approximate surface area is 141 Å². The lowest BCUT2D eigenvalue weighted by molar-refractivity contribution is -0.120. The molecule has 0 aliphatic rings. The van der Waals surface area contributed by atoms with E-state index in [2.05, 4.69) is 15.8 Å². The van der Waals surface area contributed by atoms with Crippen LogP contribution in [0.25, 0.3) is 6.08 Å². The highest BCUT2D eigenvalue weighted by Gasteiger charge is 2.07. The van der Waals surface area contributed by atoms with Gasteiger partial charge < -0.3 is 5.32 Å². The van der Waals surface area contributed by atoms with Crippen molar-refractivity contribution in [2.24, 2.45) is 5.10 Å². The first-order valence-electron chi connectivity index (χ1n) is 7.53. The zero-order valence-electron chi connectivity index (χ0n) is 13.4. The quantitative estimate of drug-likeness (QED) is 0.634. The molecule has 2 amide bonds. The number of allylic oxidation sites excluding steroid dienone is 1. The van der Waals surface area contributed by atoms with Gasteiger partial charge in [0, 0.05) is 11.8 Å². The van der Waals surface area contributed by atoms with Crippen LogP contribution in [0, 0.1) is 6.92 Å². The van der Waals surface area contributed by atoms with Crippen LogP contribution in [-0.4, -0.2) is 24.6 Å². The molecule has 0 heterocycles. The number of hydrogen-bond acceptors (Lipinski definition) is 3. The van der Waals surface area contributed by atoms with Crippen molar-refractivity contribution in [3.63, 3.8) is 0 Å². The number of hydrazone groups is 1. The molecule has 122 valence electrons. The Morgan fingerprint density at radius 3 is 2.62 bits per heavy atom. The summed E-state index contributed by atoms with van der Waals surface area (Å²) < 4.78 is 0. The van der Waals surface area contributed by atoms with Crippen LogP contribution in [0.5, 0.6) is 0 Å². The second kappa shape index (κ2) is 9.05. The van der Waals surface area contributed by atoms with Crippen LogP contribution in [0.4, 0.5) is 0 Å². The topological polar surface area (TPSA) is 70.6 Å². The number of carbonyl (C=O) groups is 2. The predicted molar refractivity (Wildman–Crippen MR) is 95.6 cm³/mol. The van der Waals surface area contributed by atoms with Crippen LogP contribution in [0.1, 0.15) is 21.5 Å². The Balaban J connectivity index is 1.72. The van der Waals surface area contributed by atoms with Gasteiger partial charge in [0.05, 0.1) is 6.54 Å². The van der Waals surface area contributed by atoms with Crippen molar-refractivity contribution in [2.75, 3.05) is 6.54 Å². The van der Waals surface area contributed by atoms with E-state index in [1.807, 2.05) is 49.4 Å². The monoisotopic (exact) mass is 321 g/mol. The molecule has 0 spiro atoms. The van der Waals surface area contributed by atoms with Crippen molar-refractivity contribution < 1.29 is 9.59 Å². The molecule has 0 unspecified atom stereocenters. The van der Waals surface area contributed by atoms with Crippen LogP contribution >= 0.6 is 0 Å². The van der Waals surface area contributed by atoms with E-state index in [4.69, 9.17) is 0 Å². The van der Waals surface area contributed by atoms with E-state index < -0.39 is 0 Å². The number of nitrogens with one attached hydrogen (secondary N) is 2. The van der Waals surface area contributed by atoms with E-state index >= 15 is 0 Å². The number of carbonyl (C=O) groups excluding carboxylic acids is 2. The van der Waals surface area contributed by atoms with Gasteiger partial charge in [0.2, 0.25) is 0 Å². The van der Waals surface area contributed by atoms with E-state index in [1.54, 1.807) is 24.3 Å². The maximum absolute atomic E-state index is 11.9. The van der Waals surface area contributed by atoms with Gasteiger partial charge in [-0.3, -0.25) is 9.59 Å². The minimum absolute atomic E-state index is 0.132. The first kappa shape index (κ1) is 17.1. The standard InChI is InChI=1S/C19H19N3O2/c1-15-7-5-11-17(13-15)19(24)20-14-18(23)22-21-12-6-10-16-8-3-2-4-9-16/h2-13H,14H2,1H3,(H,20,24)(H,22,23). The van der Waals surface area contributed by atoms with Gasteiger partial charge in [-0.2, -0.15) is 5.10 Å². The molecule has 0 atom stereocenters. The van der Waals surface area contributed by atoms with Crippen molar-refractivity contribution in [3.8, 4) is 0 Å². The molecule has 0 bridgehead atoms. The van der Waals surface area contributed by atoms with Gasteiger partial charge in [-0.05, 0) is 30.7 Å². The molecular weight excluding hydrogens is 302 g/mol. The highest BCUT2D eigenvalue weighted by Crippen LogP contribution is 2.03. The first-order valence-corrected chi connectivity index (χ1v) is 7.53. The Kier molecular flexibility index (Phi) is 6.46. The number of benzene rings is 2. The second-order valence-corrected chi connectivity index (χ2v) is 5.14. The fourth-order valence-corrected chi connectivity index (χ4v) is 1.96. The largest absolute Gasteiger partial charge is 0.343 e. The Morgan fingerprint density at radius 1 is 1.08 bits per heavy atom. The van der Waals surface area contributed by atoms with Crippen LogP contribution in [-0.2, 0) is 4.79 Å². The fraction of sp³-hybridized carbons (Fsp3) is 0.105. The van der Waals surface area contributed by atoms with Gasteiger partial charge >= 0.3 is 0 Å². The molecule has 0 fully saturated rings. The van der Waals surface area contributed by atoms with E-state index in [0.717, 1.165) is 11.1 Å². The number of amides is 2. The maximum atomic E-state index is 11.9. The molecule has 0 aromatic heterocycles. The van der Waals surface area contributed by atoms with E-state index in [1.165, 1.54) is 6.21 Å². The normalized spacial score (nSPS) is 10.9. The summed E-state index contributed by atoms with van der Waals surface area (Å²) >= 11 is 0. The lowest BCUT2D eigenvalue weighted by atomic mass is 10.1. The molecule has 0 saturated heterocycles. The molecule has 2 aromatic carbocycles. The van der Waals surface area contributed by atoms with Crippen LogP contribution in [0.2, 0.25) is 0 Å². The van der Waals surface area contributed by atoms with E-state index in [9.17, 15) is 9.59 Å². The molecule has 0 aliphatic heterocycles. The summed E-state index contributed by atoms with van der Waals surface area (Å²) in [6, 6.07) is 16.9. The smallest absolute Gasteiger partial charge is 0.259 e. The SMILES string of the molecule is Cc1cccc(C(=O)NCC(=O)NN=CC=Cc2ccccc2)c1. The first-order chi connectivity index (χ1) is 11.6. The highest BCUT2D eigenvalue weighted by atomic mass is 16.2. The summed E-state index contributed by atoms with van der Waals surface area (Å²) in [5, 5.41) is 6.34. The average molecular weight is 321 g/mol. The van der Waals surface area contributed by atoms with Crippen LogP contribution in [0.3, 0.4) is 0 Å². The third-order valence-electron chi connectivity index (χ3n) is 3.13. The summed E-state index contributed by atoms with van der Waals surface area (Å²) in [5.74, 6) is -0.679. The van der Waals surface area contributed by atoms with Gasteiger partial charge in [-0.1, -0.05) is 54.1 Å². The summed E-state index contributed by atoms with van der Waals surface area (Å²) in [7, 11) is 0. The molecule has 24 heavy (non-hydrogen) atoms. The number of rotatable bonds is 6. The molecule has 2 N–H and O–H groups in total. The van der Waals surface area contributed by atoms with Crippen molar-refractivity contribution in [1.29, 1.82) is 0 Å². The number of aryl methyl sites for hydroxylation is 1. The van der Waals surface area contributed by atoms with Gasteiger partial charge in [0.25, 0.3) is 11.8 Å². The number of hydrogen-bond donors (Lipinski definition) is 2. The average Bonchev–Trinajstić information content (AvgIpc) is 2.60. The van der Waals surface area contributed by atoms with Crippen molar-refractivity contribution >= 4 is 24.1 Å². The molecule has 2 rings (SSSR count). The third kappa shape index (κ3) is 5.88. The minimum Gasteiger partial charge on any atom is -0.343 e. The third-order valence-corrected chi connectivity index (χ3v) is 3.13. The molecule has 0 aliphatic carbocycles. The molecule has 5 heteroatoms. The summed E-state index contributed by atoms with van der Waals surface area (Å²) in [4.78, 5) is 23.5. The Hall–Kier alpha value is -3.21. The fourth-order valence-electron chi connectivity index (χ4n) is 1.96. The lowest BCUT2D eigenvalue weighted by Gasteiger charge is -2.04. The van der Waals surface area contributed by atoms with E-state index in [-0.39, 0.29) is 18.4 Å². The molecule has 0 saturated carbocycles.